The first-order chi connectivity index (χ1) is 10.8. The molecule has 2 aromatic rings. The molecule has 112 valence electrons. The molecule has 5 heteroatoms. The van der Waals surface area contributed by atoms with Crippen LogP contribution in [0.5, 0.6) is 0 Å². The van der Waals surface area contributed by atoms with Gasteiger partial charge in [-0.15, -0.1) is 6.58 Å². The third kappa shape index (κ3) is 2.83. The minimum absolute atomic E-state index is 0.214. The molecule has 0 saturated carbocycles. The summed E-state index contributed by atoms with van der Waals surface area (Å²) in [5.41, 5.74) is 2.78. The minimum Gasteiger partial charge on any atom is -0.347 e. The van der Waals surface area contributed by atoms with Crippen molar-refractivity contribution in [3.8, 4) is 0 Å². The van der Waals surface area contributed by atoms with Crippen molar-refractivity contribution in [2.45, 2.75) is 12.8 Å². The van der Waals surface area contributed by atoms with Gasteiger partial charge in [0, 0.05) is 25.0 Å². The Morgan fingerprint density at radius 3 is 3.09 bits per heavy atom. The van der Waals surface area contributed by atoms with Crippen LogP contribution in [-0.4, -0.2) is 29.0 Å². The highest BCUT2D eigenvalue weighted by molar-refractivity contribution is 5.92. The number of hydrogen-bond acceptors (Lipinski definition) is 4. The second-order valence-corrected chi connectivity index (χ2v) is 5.12. The molecule has 1 aliphatic rings. The molecular formula is C17H18N4O. The Bertz CT molecular complexity index is 699. The number of aryl methyl sites for hydroxylation is 1. The lowest BCUT2D eigenvalue weighted by Crippen LogP contribution is -2.28. The van der Waals surface area contributed by atoms with E-state index in [4.69, 9.17) is 0 Å². The Morgan fingerprint density at radius 2 is 2.23 bits per heavy atom. The second kappa shape index (κ2) is 6.39. The molecular weight excluding hydrogens is 276 g/mol. The molecule has 0 bridgehead atoms. The number of nitrogens with zero attached hydrogens (tertiary/aromatic N) is 3. The Labute approximate surface area is 129 Å². The van der Waals surface area contributed by atoms with Crippen LogP contribution in [0.3, 0.4) is 0 Å². The van der Waals surface area contributed by atoms with E-state index < -0.39 is 0 Å². The van der Waals surface area contributed by atoms with Gasteiger partial charge < -0.3 is 10.2 Å². The van der Waals surface area contributed by atoms with E-state index in [2.05, 4.69) is 38.9 Å². The molecule has 1 amide bonds. The van der Waals surface area contributed by atoms with E-state index in [1.165, 1.54) is 5.56 Å². The number of rotatable bonds is 4. The van der Waals surface area contributed by atoms with Crippen LogP contribution in [0.15, 0.2) is 49.2 Å². The lowest BCUT2D eigenvalue weighted by atomic mass is 10.0. The highest BCUT2D eigenvalue weighted by atomic mass is 16.1. The first kappa shape index (κ1) is 14.3. The summed E-state index contributed by atoms with van der Waals surface area (Å²) in [5.74, 6) is 0.354. The van der Waals surface area contributed by atoms with Crippen molar-refractivity contribution in [3.63, 3.8) is 0 Å². The van der Waals surface area contributed by atoms with Crippen molar-refractivity contribution < 1.29 is 4.79 Å². The molecule has 2 heterocycles. The van der Waals surface area contributed by atoms with Crippen molar-refractivity contribution in [1.29, 1.82) is 0 Å². The number of fused-ring (bicyclic) bond motifs is 1. The lowest BCUT2D eigenvalue weighted by Gasteiger charge is -2.29. The van der Waals surface area contributed by atoms with Gasteiger partial charge in [-0.25, -0.2) is 9.97 Å². The molecule has 0 saturated heterocycles. The van der Waals surface area contributed by atoms with Gasteiger partial charge in [-0.05, 0) is 30.5 Å². The van der Waals surface area contributed by atoms with Gasteiger partial charge in [0.1, 0.15) is 5.69 Å². The van der Waals surface area contributed by atoms with Gasteiger partial charge in [-0.2, -0.15) is 0 Å². The quantitative estimate of drug-likeness (QED) is 0.880. The number of nitrogens with one attached hydrogen (secondary N) is 1. The van der Waals surface area contributed by atoms with E-state index in [1.54, 1.807) is 18.3 Å². The van der Waals surface area contributed by atoms with Crippen LogP contribution in [-0.2, 0) is 6.42 Å². The molecule has 1 N–H and O–H groups in total. The van der Waals surface area contributed by atoms with Gasteiger partial charge in [0.25, 0.3) is 5.91 Å². The number of carbonyl (C=O) groups excluding carboxylic acids is 1. The molecule has 0 radical (unpaired) electrons. The summed E-state index contributed by atoms with van der Waals surface area (Å²) in [6, 6.07) is 9.88. The maximum absolute atomic E-state index is 12.0. The van der Waals surface area contributed by atoms with E-state index >= 15 is 0 Å². The fourth-order valence-electron chi connectivity index (χ4n) is 2.60. The normalized spacial score (nSPS) is 13.4. The lowest BCUT2D eigenvalue weighted by molar-refractivity contribution is 0.0953. The molecule has 1 aromatic heterocycles. The zero-order valence-electron chi connectivity index (χ0n) is 12.3. The molecule has 0 spiro atoms. The van der Waals surface area contributed by atoms with Gasteiger partial charge in [0.2, 0.25) is 5.95 Å². The number of para-hydroxylation sites is 1. The number of carbonyl (C=O) groups is 1. The van der Waals surface area contributed by atoms with Gasteiger partial charge in [-0.1, -0.05) is 24.3 Å². The third-order valence-electron chi connectivity index (χ3n) is 3.63. The average Bonchev–Trinajstić information content (AvgIpc) is 2.59. The Hall–Kier alpha value is -2.69. The summed E-state index contributed by atoms with van der Waals surface area (Å²) >= 11 is 0. The Morgan fingerprint density at radius 1 is 1.36 bits per heavy atom. The van der Waals surface area contributed by atoms with Crippen molar-refractivity contribution >= 4 is 17.5 Å². The predicted molar refractivity (Wildman–Crippen MR) is 86.3 cm³/mol. The molecule has 5 nitrogen and oxygen atoms in total. The molecule has 0 unspecified atom stereocenters. The Balaban J connectivity index is 1.90. The fraction of sp³-hybridized carbons (Fsp3) is 0.235. The third-order valence-corrected chi connectivity index (χ3v) is 3.63. The fourth-order valence-corrected chi connectivity index (χ4v) is 2.60. The topological polar surface area (TPSA) is 58.1 Å². The SMILES string of the molecule is C=CCNC(=O)c1ccnc(N2CCCc3ccccc32)n1. The van der Waals surface area contributed by atoms with Crippen LogP contribution in [0, 0.1) is 0 Å². The summed E-state index contributed by atoms with van der Waals surface area (Å²) in [6.45, 7) is 4.86. The van der Waals surface area contributed by atoms with Crippen LogP contribution < -0.4 is 10.2 Å². The zero-order chi connectivity index (χ0) is 15.4. The molecule has 0 aliphatic carbocycles. The van der Waals surface area contributed by atoms with Gasteiger partial charge in [0.15, 0.2) is 0 Å². The summed E-state index contributed by atoms with van der Waals surface area (Å²) in [4.78, 5) is 22.8. The summed E-state index contributed by atoms with van der Waals surface area (Å²) < 4.78 is 0. The Kier molecular flexibility index (Phi) is 4.14. The van der Waals surface area contributed by atoms with Crippen LogP contribution in [0.25, 0.3) is 0 Å². The van der Waals surface area contributed by atoms with Crippen LogP contribution in [0.4, 0.5) is 11.6 Å². The number of hydrogen-bond donors (Lipinski definition) is 1. The van der Waals surface area contributed by atoms with E-state index in [1.807, 2.05) is 12.1 Å². The average molecular weight is 294 g/mol. The zero-order valence-corrected chi connectivity index (χ0v) is 12.3. The van der Waals surface area contributed by atoms with Crippen molar-refractivity contribution in [3.05, 3.63) is 60.4 Å². The van der Waals surface area contributed by atoms with E-state index in [-0.39, 0.29) is 5.91 Å². The summed E-state index contributed by atoms with van der Waals surface area (Å²) in [7, 11) is 0. The number of amides is 1. The molecule has 22 heavy (non-hydrogen) atoms. The number of anilines is 2. The molecule has 0 atom stereocenters. The van der Waals surface area contributed by atoms with E-state index in [0.29, 0.717) is 18.2 Å². The van der Waals surface area contributed by atoms with E-state index in [0.717, 1.165) is 25.1 Å². The maximum atomic E-state index is 12.0. The first-order valence-electron chi connectivity index (χ1n) is 7.37. The maximum Gasteiger partial charge on any atom is 0.270 e. The first-order valence-corrected chi connectivity index (χ1v) is 7.37. The minimum atomic E-state index is -0.214. The smallest absolute Gasteiger partial charge is 0.270 e. The van der Waals surface area contributed by atoms with E-state index in [9.17, 15) is 4.79 Å². The molecule has 0 fully saturated rings. The highest BCUT2D eigenvalue weighted by Gasteiger charge is 2.20. The second-order valence-electron chi connectivity index (χ2n) is 5.12. The summed E-state index contributed by atoms with van der Waals surface area (Å²) in [5, 5.41) is 2.73. The van der Waals surface area contributed by atoms with Crippen LogP contribution in [0.1, 0.15) is 22.5 Å². The molecule has 1 aromatic carbocycles. The predicted octanol–water partition coefficient (Wildman–Crippen LogP) is 2.48. The number of aromatic nitrogens is 2. The van der Waals surface area contributed by atoms with Crippen LogP contribution >= 0.6 is 0 Å². The van der Waals surface area contributed by atoms with Gasteiger partial charge >= 0.3 is 0 Å². The molecule has 3 rings (SSSR count). The highest BCUT2D eigenvalue weighted by Crippen LogP contribution is 2.31. The molecule has 1 aliphatic heterocycles. The van der Waals surface area contributed by atoms with Crippen LogP contribution in [0.2, 0.25) is 0 Å². The van der Waals surface area contributed by atoms with Gasteiger partial charge in [0.05, 0.1) is 0 Å². The van der Waals surface area contributed by atoms with Gasteiger partial charge in [-0.3, -0.25) is 4.79 Å². The van der Waals surface area contributed by atoms with Crippen molar-refractivity contribution in [2.75, 3.05) is 18.0 Å². The number of benzene rings is 1. The van der Waals surface area contributed by atoms with Crippen molar-refractivity contribution in [1.82, 2.24) is 15.3 Å². The standard InChI is InChI=1S/C17H18N4O/c1-2-10-18-16(22)14-9-11-19-17(20-14)21-12-5-7-13-6-3-4-8-15(13)21/h2-4,6,8-9,11H,1,5,7,10,12H2,(H,18,22). The summed E-state index contributed by atoms with van der Waals surface area (Å²) in [6.07, 6.45) is 5.38. The monoisotopic (exact) mass is 294 g/mol. The largest absolute Gasteiger partial charge is 0.347 e. The van der Waals surface area contributed by atoms with Crippen molar-refractivity contribution in [2.24, 2.45) is 0 Å².